The van der Waals surface area contributed by atoms with Crippen molar-refractivity contribution < 1.29 is 14.3 Å². The summed E-state index contributed by atoms with van der Waals surface area (Å²) in [6, 6.07) is 9.50. The molecule has 5 rings (SSSR count). The minimum atomic E-state index is -0.151. The summed E-state index contributed by atoms with van der Waals surface area (Å²) in [5.74, 6) is 1.15. The average molecular weight is 465 g/mol. The lowest BCUT2D eigenvalue weighted by Crippen LogP contribution is -2.27. The lowest BCUT2D eigenvalue weighted by molar-refractivity contribution is -0.117. The summed E-state index contributed by atoms with van der Waals surface area (Å²) in [6.07, 6.45) is 8.21. The van der Waals surface area contributed by atoms with Crippen molar-refractivity contribution >= 4 is 17.4 Å². The minimum absolute atomic E-state index is 0.0203. The minimum Gasteiger partial charge on any atom is -0.474 e. The van der Waals surface area contributed by atoms with Crippen LogP contribution in [-0.4, -0.2) is 45.7 Å². The van der Waals surface area contributed by atoms with Gasteiger partial charge in [-0.3, -0.25) is 14.0 Å². The smallest absolute Gasteiger partial charge is 0.262 e. The molecule has 2 aliphatic heterocycles. The number of hydrogen-bond acceptors (Lipinski definition) is 5. The highest BCUT2D eigenvalue weighted by Gasteiger charge is 2.22. The van der Waals surface area contributed by atoms with E-state index < -0.39 is 0 Å². The van der Waals surface area contributed by atoms with E-state index in [0.717, 1.165) is 68.6 Å². The number of fused-ring (bicyclic) bond motifs is 1. The molecular weight excluding hydrogens is 432 g/mol. The molecule has 1 amide bonds. The first-order valence-corrected chi connectivity index (χ1v) is 12.4. The Labute approximate surface area is 199 Å². The molecule has 2 fully saturated rings. The molecule has 0 radical (unpaired) electrons. The van der Waals surface area contributed by atoms with Gasteiger partial charge in [-0.25, -0.2) is 0 Å². The monoisotopic (exact) mass is 464 g/mol. The maximum atomic E-state index is 13.0. The van der Waals surface area contributed by atoms with Crippen molar-refractivity contribution in [3.05, 3.63) is 46.9 Å². The van der Waals surface area contributed by atoms with Gasteiger partial charge in [-0.2, -0.15) is 4.98 Å². The predicted octanol–water partition coefficient (Wildman–Crippen LogP) is 4.04. The molecule has 3 aromatic rings. The Kier molecular flexibility index (Phi) is 6.67. The number of carbonyl (C=O) groups excluding carboxylic acids is 1. The van der Waals surface area contributed by atoms with Crippen LogP contribution in [0.1, 0.15) is 51.9 Å². The normalized spacial score (nSPS) is 17.1. The molecule has 8 nitrogen and oxygen atoms in total. The number of benzene rings is 1. The van der Waals surface area contributed by atoms with E-state index >= 15 is 0 Å². The van der Waals surface area contributed by atoms with E-state index in [4.69, 9.17) is 14.5 Å². The molecule has 4 heterocycles. The summed E-state index contributed by atoms with van der Waals surface area (Å²) in [7, 11) is 0. The van der Waals surface area contributed by atoms with Crippen LogP contribution < -0.4 is 15.2 Å². The van der Waals surface area contributed by atoms with Crippen LogP contribution in [0.2, 0.25) is 0 Å². The molecule has 0 bridgehead atoms. The second kappa shape index (κ2) is 10.0. The number of imidazole rings is 1. The topological polar surface area (TPSA) is 78.1 Å². The molecule has 34 heavy (non-hydrogen) atoms. The predicted molar refractivity (Wildman–Crippen MR) is 130 cm³/mol. The molecule has 2 aromatic heterocycles. The Morgan fingerprint density at radius 1 is 1.12 bits per heavy atom. The van der Waals surface area contributed by atoms with Gasteiger partial charge in [0.05, 0.1) is 25.0 Å². The summed E-state index contributed by atoms with van der Waals surface area (Å²) in [6.45, 7) is 5.05. The van der Waals surface area contributed by atoms with E-state index in [-0.39, 0.29) is 17.6 Å². The molecule has 0 saturated carbocycles. The maximum Gasteiger partial charge on any atom is 0.262 e. The van der Waals surface area contributed by atoms with E-state index in [1.165, 1.54) is 6.07 Å². The Morgan fingerprint density at radius 3 is 2.62 bits per heavy atom. The molecule has 180 valence electrons. The highest BCUT2D eigenvalue weighted by molar-refractivity contribution is 5.95. The number of carbonyl (C=O) groups is 1. The molecule has 0 aliphatic carbocycles. The second-order valence-corrected chi connectivity index (χ2v) is 9.10. The molecule has 8 heteroatoms. The number of aromatic nitrogens is 3. The molecule has 1 aromatic carbocycles. The van der Waals surface area contributed by atoms with Gasteiger partial charge in [0.25, 0.3) is 5.56 Å². The third-order valence-electron chi connectivity index (χ3n) is 6.68. The molecular formula is C26H32N4O4. The highest BCUT2D eigenvalue weighted by Crippen LogP contribution is 2.28. The van der Waals surface area contributed by atoms with Crippen molar-refractivity contribution in [3.8, 4) is 17.1 Å². The van der Waals surface area contributed by atoms with Crippen LogP contribution in [0.4, 0.5) is 5.69 Å². The Hall–Kier alpha value is -3.13. The van der Waals surface area contributed by atoms with E-state index in [1.54, 1.807) is 4.40 Å². The van der Waals surface area contributed by atoms with Crippen molar-refractivity contribution in [2.24, 2.45) is 0 Å². The van der Waals surface area contributed by atoms with Crippen molar-refractivity contribution in [1.82, 2.24) is 14.0 Å². The van der Waals surface area contributed by atoms with Crippen LogP contribution in [0.5, 0.6) is 5.88 Å². The fraction of sp³-hybridized carbons (Fsp3) is 0.500. The largest absolute Gasteiger partial charge is 0.474 e. The zero-order valence-corrected chi connectivity index (χ0v) is 19.7. The number of ether oxygens (including phenoxy) is 2. The number of unbranched alkanes of at least 4 members (excludes halogenated alkanes) is 2. The van der Waals surface area contributed by atoms with Gasteiger partial charge < -0.3 is 18.9 Å². The Morgan fingerprint density at radius 2 is 1.91 bits per heavy atom. The first-order valence-electron chi connectivity index (χ1n) is 12.4. The van der Waals surface area contributed by atoms with Gasteiger partial charge in [-0.15, -0.1) is 0 Å². The van der Waals surface area contributed by atoms with Gasteiger partial charge in [-0.05, 0) is 30.5 Å². The van der Waals surface area contributed by atoms with E-state index in [2.05, 4.69) is 11.5 Å². The Bertz CT molecular complexity index is 1210. The summed E-state index contributed by atoms with van der Waals surface area (Å²) >= 11 is 0. The maximum absolute atomic E-state index is 13.0. The van der Waals surface area contributed by atoms with Crippen LogP contribution in [0.15, 0.2) is 41.3 Å². The van der Waals surface area contributed by atoms with Gasteiger partial charge >= 0.3 is 0 Å². The third-order valence-corrected chi connectivity index (χ3v) is 6.68. The molecule has 0 N–H and O–H groups in total. The molecule has 0 atom stereocenters. The van der Waals surface area contributed by atoms with Crippen molar-refractivity contribution in [3.63, 3.8) is 0 Å². The number of amides is 1. The van der Waals surface area contributed by atoms with E-state index in [1.807, 2.05) is 35.4 Å². The fourth-order valence-corrected chi connectivity index (χ4v) is 4.80. The Balaban J connectivity index is 1.51. The average Bonchev–Trinajstić information content (AvgIpc) is 3.44. The summed E-state index contributed by atoms with van der Waals surface area (Å²) in [5.41, 5.74) is 2.69. The van der Waals surface area contributed by atoms with E-state index in [0.29, 0.717) is 31.3 Å². The van der Waals surface area contributed by atoms with Crippen LogP contribution in [0.25, 0.3) is 17.0 Å². The van der Waals surface area contributed by atoms with Crippen molar-refractivity contribution in [1.29, 1.82) is 0 Å². The van der Waals surface area contributed by atoms with Crippen LogP contribution in [-0.2, 0) is 16.1 Å². The lowest BCUT2D eigenvalue weighted by atomic mass is 10.1. The summed E-state index contributed by atoms with van der Waals surface area (Å²) in [4.78, 5) is 31.7. The first-order chi connectivity index (χ1) is 16.6. The van der Waals surface area contributed by atoms with E-state index in [9.17, 15) is 9.59 Å². The first kappa shape index (κ1) is 22.7. The number of anilines is 1. The van der Waals surface area contributed by atoms with Gasteiger partial charge in [0, 0.05) is 44.2 Å². The number of rotatable bonds is 8. The van der Waals surface area contributed by atoms with Crippen LogP contribution >= 0.6 is 0 Å². The van der Waals surface area contributed by atoms with Gasteiger partial charge in [0.1, 0.15) is 6.10 Å². The summed E-state index contributed by atoms with van der Waals surface area (Å²) in [5, 5.41) is 0. The number of nitrogens with zero attached hydrogens (tertiary/aromatic N) is 4. The van der Waals surface area contributed by atoms with Crippen LogP contribution in [0.3, 0.4) is 0 Å². The quantitative estimate of drug-likeness (QED) is 0.470. The van der Waals surface area contributed by atoms with Crippen LogP contribution in [0, 0.1) is 0 Å². The van der Waals surface area contributed by atoms with Crippen molar-refractivity contribution in [2.75, 3.05) is 24.7 Å². The summed E-state index contributed by atoms with van der Waals surface area (Å²) < 4.78 is 15.2. The van der Waals surface area contributed by atoms with Gasteiger partial charge in [0.2, 0.25) is 17.6 Å². The zero-order valence-electron chi connectivity index (χ0n) is 19.7. The zero-order chi connectivity index (χ0) is 23.5. The highest BCUT2D eigenvalue weighted by atomic mass is 16.5. The molecule has 2 aliphatic rings. The van der Waals surface area contributed by atoms with Crippen molar-refractivity contribution in [2.45, 2.75) is 64.5 Å². The lowest BCUT2D eigenvalue weighted by Gasteiger charge is -2.22. The number of aryl methyl sites for hydroxylation is 1. The number of hydrogen-bond donors (Lipinski definition) is 0. The molecule has 0 spiro atoms. The third kappa shape index (κ3) is 4.59. The SMILES string of the molecule is CCCCCn1c(-c2ccc(N3CCCC3=O)cc2)cn2c(=O)cc(OC3CCOCC3)nc12. The fourth-order valence-electron chi connectivity index (χ4n) is 4.80. The second-order valence-electron chi connectivity index (χ2n) is 9.10. The molecule has 0 unspecified atom stereocenters. The van der Waals surface area contributed by atoms with Gasteiger partial charge in [0.15, 0.2) is 0 Å². The molecule has 2 saturated heterocycles. The standard InChI is InChI=1S/C26H32N4O4/c1-2-3-4-13-29-22(19-7-9-20(10-8-19)28-14-5-6-24(28)31)18-30-25(32)17-23(27-26(29)30)34-21-11-15-33-16-12-21/h7-10,17-18,21H,2-6,11-16H2,1H3. The van der Waals surface area contributed by atoms with Gasteiger partial charge in [-0.1, -0.05) is 31.9 Å².